The predicted molar refractivity (Wildman–Crippen MR) is 31.1 cm³/mol. The van der Waals surface area contributed by atoms with Crippen molar-refractivity contribution in [2.24, 2.45) is 5.92 Å². The third-order valence-electron chi connectivity index (χ3n) is 2.63. The van der Waals surface area contributed by atoms with Gasteiger partial charge in [-0.3, -0.25) is 4.79 Å². The summed E-state index contributed by atoms with van der Waals surface area (Å²) in [5, 5.41) is 11.6. The van der Waals surface area contributed by atoms with E-state index in [4.69, 9.17) is 5.11 Å². The van der Waals surface area contributed by atoms with Crippen LogP contribution in [0.5, 0.6) is 0 Å². The van der Waals surface area contributed by atoms with E-state index in [0.29, 0.717) is 5.92 Å². The molecule has 0 bridgehead atoms. The van der Waals surface area contributed by atoms with Gasteiger partial charge in [0.2, 0.25) is 0 Å². The average Bonchev–Trinajstić information content (AvgIpc) is 1.76. The topological polar surface area (TPSA) is 49.3 Å². The molecule has 3 heteroatoms. The zero-order valence-electron chi connectivity index (χ0n) is 5.05. The van der Waals surface area contributed by atoms with Crippen molar-refractivity contribution in [2.45, 2.75) is 18.4 Å². The van der Waals surface area contributed by atoms with Crippen LogP contribution in [0.25, 0.3) is 0 Å². The lowest BCUT2D eigenvalue weighted by Gasteiger charge is -2.55. The van der Waals surface area contributed by atoms with E-state index in [1.165, 1.54) is 0 Å². The maximum absolute atomic E-state index is 10.5. The molecule has 0 aromatic carbocycles. The Morgan fingerprint density at radius 3 is 2.56 bits per heavy atom. The van der Waals surface area contributed by atoms with E-state index in [2.05, 4.69) is 5.32 Å². The molecule has 50 valence electrons. The second-order valence-corrected chi connectivity index (χ2v) is 2.89. The van der Waals surface area contributed by atoms with Crippen LogP contribution in [0.15, 0.2) is 0 Å². The van der Waals surface area contributed by atoms with Gasteiger partial charge in [-0.15, -0.1) is 0 Å². The lowest BCUT2D eigenvalue weighted by molar-refractivity contribution is -0.161. The van der Waals surface area contributed by atoms with E-state index < -0.39 is 11.5 Å². The fourth-order valence-corrected chi connectivity index (χ4v) is 1.68. The molecule has 1 saturated heterocycles. The third kappa shape index (κ3) is 0.399. The van der Waals surface area contributed by atoms with Crippen LogP contribution in [-0.2, 0) is 4.79 Å². The minimum Gasteiger partial charge on any atom is -0.480 e. The molecule has 0 amide bonds. The fourth-order valence-electron chi connectivity index (χ4n) is 1.68. The van der Waals surface area contributed by atoms with E-state index in [0.717, 1.165) is 19.4 Å². The lowest BCUT2D eigenvalue weighted by atomic mass is 9.61. The van der Waals surface area contributed by atoms with Crippen molar-refractivity contribution in [3.63, 3.8) is 0 Å². The Morgan fingerprint density at radius 2 is 2.56 bits per heavy atom. The van der Waals surface area contributed by atoms with Crippen LogP contribution in [0.2, 0.25) is 0 Å². The second kappa shape index (κ2) is 1.29. The van der Waals surface area contributed by atoms with Gasteiger partial charge in [0.15, 0.2) is 0 Å². The van der Waals surface area contributed by atoms with E-state index in [1.807, 2.05) is 0 Å². The molecule has 3 nitrogen and oxygen atoms in total. The summed E-state index contributed by atoms with van der Waals surface area (Å²) in [4.78, 5) is 10.5. The van der Waals surface area contributed by atoms with Crippen molar-refractivity contribution in [3.8, 4) is 0 Å². The molecular weight excluding hydrogens is 118 g/mol. The first-order chi connectivity index (χ1) is 4.26. The average molecular weight is 127 g/mol. The molecule has 2 unspecified atom stereocenters. The number of nitrogens with one attached hydrogen (secondary N) is 1. The summed E-state index contributed by atoms with van der Waals surface area (Å²) in [5.41, 5.74) is -0.472. The largest absolute Gasteiger partial charge is 0.480 e. The lowest BCUT2D eigenvalue weighted by Crippen LogP contribution is -2.75. The Kier molecular flexibility index (Phi) is 0.750. The highest BCUT2D eigenvalue weighted by molar-refractivity contribution is 5.82. The molecule has 1 aliphatic carbocycles. The van der Waals surface area contributed by atoms with Crippen LogP contribution in [0.4, 0.5) is 0 Å². The van der Waals surface area contributed by atoms with Crippen LogP contribution in [0, 0.1) is 5.92 Å². The second-order valence-electron chi connectivity index (χ2n) is 2.89. The molecular formula is C6H9NO2. The molecule has 2 aliphatic rings. The first-order valence-electron chi connectivity index (χ1n) is 3.24. The predicted octanol–water partition coefficient (Wildman–Crippen LogP) is -0.177. The Hall–Kier alpha value is -0.570. The summed E-state index contributed by atoms with van der Waals surface area (Å²) in [6, 6.07) is 0. The maximum atomic E-state index is 10.5. The summed E-state index contributed by atoms with van der Waals surface area (Å²) in [6.07, 6.45) is 1.92. The smallest absolute Gasteiger partial charge is 0.324 e. The molecule has 0 spiro atoms. The maximum Gasteiger partial charge on any atom is 0.324 e. The summed E-state index contributed by atoms with van der Waals surface area (Å²) in [6.45, 7) is 0.909. The van der Waals surface area contributed by atoms with Crippen molar-refractivity contribution in [3.05, 3.63) is 0 Å². The number of carbonyl (C=O) groups is 1. The standard InChI is InChI=1S/C6H9NO2/c8-5(9)6-2-1-4(6)3-7-6/h4,7H,1-3H2,(H,8,9). The van der Waals surface area contributed by atoms with Gasteiger partial charge in [0.1, 0.15) is 5.54 Å². The van der Waals surface area contributed by atoms with Gasteiger partial charge >= 0.3 is 5.97 Å². The van der Waals surface area contributed by atoms with Gasteiger partial charge in [-0.05, 0) is 12.8 Å². The van der Waals surface area contributed by atoms with E-state index >= 15 is 0 Å². The van der Waals surface area contributed by atoms with Gasteiger partial charge in [-0.2, -0.15) is 0 Å². The molecule has 1 heterocycles. The normalized spacial score (nSPS) is 46.4. The van der Waals surface area contributed by atoms with Crippen LogP contribution < -0.4 is 5.32 Å². The quantitative estimate of drug-likeness (QED) is 0.514. The van der Waals surface area contributed by atoms with E-state index in [-0.39, 0.29) is 0 Å². The monoisotopic (exact) mass is 127 g/mol. The van der Waals surface area contributed by atoms with Crippen molar-refractivity contribution < 1.29 is 9.90 Å². The number of fused-ring (bicyclic) bond motifs is 1. The molecule has 0 radical (unpaired) electrons. The molecule has 0 aromatic rings. The van der Waals surface area contributed by atoms with Gasteiger partial charge in [-0.1, -0.05) is 0 Å². The highest BCUT2D eigenvalue weighted by Crippen LogP contribution is 2.44. The Bertz CT molecular complexity index is 158. The molecule has 2 rings (SSSR count). The highest BCUT2D eigenvalue weighted by Gasteiger charge is 2.59. The van der Waals surface area contributed by atoms with Crippen molar-refractivity contribution in [1.29, 1.82) is 0 Å². The highest BCUT2D eigenvalue weighted by atomic mass is 16.4. The third-order valence-corrected chi connectivity index (χ3v) is 2.63. The van der Waals surface area contributed by atoms with E-state index in [1.54, 1.807) is 0 Å². The van der Waals surface area contributed by atoms with Crippen LogP contribution in [-0.4, -0.2) is 23.2 Å². The van der Waals surface area contributed by atoms with Gasteiger partial charge in [0.25, 0.3) is 0 Å². The minimum atomic E-state index is -0.662. The first kappa shape index (κ1) is 5.23. The number of piperidine rings is 1. The first-order valence-corrected chi connectivity index (χ1v) is 3.24. The number of rotatable bonds is 1. The summed E-state index contributed by atoms with van der Waals surface area (Å²) in [5.74, 6) is -0.222. The minimum absolute atomic E-state index is 0.440. The molecule has 1 aliphatic heterocycles. The van der Waals surface area contributed by atoms with Crippen LogP contribution in [0.1, 0.15) is 12.8 Å². The fraction of sp³-hybridized carbons (Fsp3) is 0.833. The zero-order chi connectivity index (χ0) is 6.48. The Morgan fingerprint density at radius 1 is 1.78 bits per heavy atom. The number of hydrogen-bond donors (Lipinski definition) is 2. The number of hydrogen-bond acceptors (Lipinski definition) is 2. The number of carboxylic acid groups (broad SMARTS) is 1. The molecule has 0 aromatic heterocycles. The SMILES string of the molecule is O=C(O)C12CCC1CN2. The Labute approximate surface area is 53.1 Å². The summed E-state index contributed by atoms with van der Waals surface area (Å²) >= 11 is 0. The number of carboxylic acids is 1. The summed E-state index contributed by atoms with van der Waals surface area (Å²) < 4.78 is 0. The zero-order valence-corrected chi connectivity index (χ0v) is 5.05. The van der Waals surface area contributed by atoms with Crippen molar-refractivity contribution >= 4 is 5.97 Å². The molecule has 9 heavy (non-hydrogen) atoms. The molecule has 2 fully saturated rings. The number of aliphatic carboxylic acids is 1. The van der Waals surface area contributed by atoms with Gasteiger partial charge in [-0.25, -0.2) is 0 Å². The molecule has 2 atom stereocenters. The van der Waals surface area contributed by atoms with Gasteiger partial charge in [0, 0.05) is 12.5 Å². The van der Waals surface area contributed by atoms with Crippen molar-refractivity contribution in [1.82, 2.24) is 5.32 Å². The van der Waals surface area contributed by atoms with E-state index in [9.17, 15) is 4.79 Å². The van der Waals surface area contributed by atoms with Crippen molar-refractivity contribution in [2.75, 3.05) is 6.54 Å². The molecule has 1 saturated carbocycles. The van der Waals surface area contributed by atoms with Crippen LogP contribution >= 0.6 is 0 Å². The van der Waals surface area contributed by atoms with Crippen LogP contribution in [0.3, 0.4) is 0 Å². The Balaban J connectivity index is 2.16. The van der Waals surface area contributed by atoms with Gasteiger partial charge < -0.3 is 10.4 Å². The molecule has 2 N–H and O–H groups in total. The van der Waals surface area contributed by atoms with Gasteiger partial charge in [0.05, 0.1) is 0 Å². The summed E-state index contributed by atoms with van der Waals surface area (Å²) in [7, 11) is 0.